The molecule has 0 N–H and O–H groups in total. The van der Waals surface area contributed by atoms with Crippen LogP contribution in [0.15, 0.2) is 155 Å². The van der Waals surface area contributed by atoms with E-state index in [0.29, 0.717) is 0 Å². The normalized spacial score (nSPS) is 16.5. The third-order valence-corrected chi connectivity index (χ3v) is 13.2. The van der Waals surface area contributed by atoms with E-state index in [9.17, 15) is 0 Å². The van der Waals surface area contributed by atoms with Crippen molar-refractivity contribution >= 4 is 50.4 Å². The molecule has 0 nitrogen and oxygen atoms in total. The second-order valence-electron chi connectivity index (χ2n) is 9.43. The molecule has 1 aliphatic carbocycles. The Labute approximate surface area is 243 Å². The predicted molar refractivity (Wildman–Crippen MR) is 163 cm³/mol. The summed E-state index contributed by atoms with van der Waals surface area (Å²) in [4.78, 5) is 0. The van der Waals surface area contributed by atoms with Crippen LogP contribution < -0.4 is 8.92 Å². The van der Waals surface area contributed by atoms with Gasteiger partial charge in [0.05, 0.1) is 0 Å². The summed E-state index contributed by atoms with van der Waals surface area (Å²) in [6.45, 7) is 0. The van der Waals surface area contributed by atoms with E-state index < -0.39 is 0 Å². The number of benzene rings is 5. The molecule has 0 amide bonds. The van der Waals surface area contributed by atoms with Crippen LogP contribution >= 0.6 is 11.6 Å². The van der Waals surface area contributed by atoms with E-state index in [1.54, 1.807) is 8.94 Å². The number of hydrogen-bond acceptors (Lipinski definition) is 0. The first kappa shape index (κ1) is 25.4. The molecular formula is C35H27ClSe2. The molecule has 6 rings (SSSR count). The zero-order valence-electron chi connectivity index (χ0n) is 20.8. The van der Waals surface area contributed by atoms with Crippen LogP contribution in [0.3, 0.4) is 0 Å². The molecule has 5 aromatic rings. The van der Waals surface area contributed by atoms with Gasteiger partial charge in [-0.25, -0.2) is 0 Å². The Morgan fingerprint density at radius 2 is 0.974 bits per heavy atom. The molecule has 1 atom stereocenters. The molecule has 0 radical (unpaired) electrons. The summed E-state index contributed by atoms with van der Waals surface area (Å²) in [7, 11) is 0. The molecular weight excluding hydrogens is 614 g/mol. The monoisotopic (exact) mass is 642 g/mol. The summed E-state index contributed by atoms with van der Waals surface area (Å²) < 4.78 is 6.09. The summed E-state index contributed by atoms with van der Waals surface area (Å²) in [5.41, 5.74) is 3.84. The molecule has 0 aliphatic heterocycles. The molecule has 1 aliphatic rings. The molecule has 1 unspecified atom stereocenters. The Kier molecular flexibility index (Phi) is 7.70. The van der Waals surface area contributed by atoms with E-state index in [1.807, 2.05) is 0 Å². The molecule has 0 saturated heterocycles. The second-order valence-corrected chi connectivity index (χ2v) is 14.6. The second kappa shape index (κ2) is 11.5. The number of halogens is 1. The average Bonchev–Trinajstić information content (AvgIpc) is 3.29. The quantitative estimate of drug-likeness (QED) is 0.167. The summed E-state index contributed by atoms with van der Waals surface area (Å²) in [6.07, 6.45) is 1.05. The number of rotatable bonds is 7. The summed E-state index contributed by atoms with van der Waals surface area (Å²) in [6, 6.07) is 53.2. The van der Waals surface area contributed by atoms with Crippen molar-refractivity contribution in [2.24, 2.45) is 0 Å². The van der Waals surface area contributed by atoms with Crippen LogP contribution in [0.25, 0.3) is 0 Å². The minimum absolute atomic E-state index is 0.167. The fourth-order valence-corrected chi connectivity index (χ4v) is 11.5. The molecule has 0 heterocycles. The van der Waals surface area contributed by atoms with Crippen molar-refractivity contribution in [3.05, 3.63) is 176 Å². The molecule has 186 valence electrons. The van der Waals surface area contributed by atoms with Crippen molar-refractivity contribution in [1.29, 1.82) is 0 Å². The van der Waals surface area contributed by atoms with Gasteiger partial charge in [-0.05, 0) is 0 Å². The van der Waals surface area contributed by atoms with Crippen molar-refractivity contribution in [3.8, 4) is 0 Å². The van der Waals surface area contributed by atoms with E-state index in [2.05, 4.69) is 146 Å². The van der Waals surface area contributed by atoms with E-state index in [1.165, 1.54) is 25.6 Å². The van der Waals surface area contributed by atoms with Crippen LogP contribution in [0.1, 0.15) is 29.0 Å². The van der Waals surface area contributed by atoms with Gasteiger partial charge in [-0.15, -0.1) is 0 Å². The van der Waals surface area contributed by atoms with Crippen LogP contribution in [0.5, 0.6) is 0 Å². The first-order valence-electron chi connectivity index (χ1n) is 12.8. The topological polar surface area (TPSA) is 0 Å². The van der Waals surface area contributed by atoms with Crippen LogP contribution in [0.2, 0.25) is 5.02 Å². The fraction of sp³-hybridized carbons (Fsp3) is 0.0857. The third kappa shape index (κ3) is 4.96. The van der Waals surface area contributed by atoms with Crippen LogP contribution in [0, 0.1) is 0 Å². The molecule has 0 bridgehead atoms. The van der Waals surface area contributed by atoms with Crippen LogP contribution in [-0.4, -0.2) is 29.9 Å². The Bertz CT molecular complexity index is 1470. The fourth-order valence-electron chi connectivity index (χ4n) is 5.57. The molecule has 0 fully saturated rings. The van der Waals surface area contributed by atoms with Crippen molar-refractivity contribution < 1.29 is 0 Å². The van der Waals surface area contributed by atoms with Crippen LogP contribution in [0.4, 0.5) is 0 Å². The van der Waals surface area contributed by atoms with Crippen molar-refractivity contribution in [2.75, 3.05) is 0 Å². The maximum absolute atomic E-state index is 6.39. The maximum atomic E-state index is 6.39. The van der Waals surface area contributed by atoms with Crippen molar-refractivity contribution in [2.45, 2.75) is 17.8 Å². The molecule has 38 heavy (non-hydrogen) atoms. The predicted octanol–water partition coefficient (Wildman–Crippen LogP) is 7.08. The molecule has 0 aromatic heterocycles. The zero-order valence-corrected chi connectivity index (χ0v) is 25.0. The van der Waals surface area contributed by atoms with Gasteiger partial charge >= 0.3 is 244 Å². The number of hydrogen-bond donors (Lipinski definition) is 0. The third-order valence-electron chi connectivity index (χ3n) is 7.20. The van der Waals surface area contributed by atoms with Gasteiger partial charge in [-0.2, -0.15) is 0 Å². The van der Waals surface area contributed by atoms with E-state index in [4.69, 9.17) is 11.6 Å². The summed E-state index contributed by atoms with van der Waals surface area (Å²) >= 11 is 6.80. The standard InChI is InChI=1S/C35H27ClSe2/c36-29-23-21-26(22-24-29)32-25-33(37-30-17-9-3-10-18-30)34(38-31-19-11-4-12-20-31)35(32,27-13-5-1-6-14-27)28-15-7-2-8-16-28/h1-24,32H,25H2. The summed E-state index contributed by atoms with van der Waals surface area (Å²) in [5, 5.41) is 0.784. The van der Waals surface area contributed by atoms with Gasteiger partial charge in [0.15, 0.2) is 0 Å². The van der Waals surface area contributed by atoms with E-state index in [0.717, 1.165) is 11.4 Å². The van der Waals surface area contributed by atoms with Crippen molar-refractivity contribution in [3.63, 3.8) is 0 Å². The van der Waals surface area contributed by atoms with Gasteiger partial charge in [0.25, 0.3) is 0 Å². The van der Waals surface area contributed by atoms with Gasteiger partial charge in [-0.1, -0.05) is 0 Å². The molecule has 0 saturated carbocycles. The van der Waals surface area contributed by atoms with Crippen LogP contribution in [-0.2, 0) is 5.41 Å². The first-order valence-corrected chi connectivity index (χ1v) is 16.6. The number of allylic oxidation sites excluding steroid dienone is 2. The average molecular weight is 641 g/mol. The van der Waals surface area contributed by atoms with Gasteiger partial charge < -0.3 is 0 Å². The van der Waals surface area contributed by atoms with E-state index >= 15 is 0 Å². The van der Waals surface area contributed by atoms with Gasteiger partial charge in [0, 0.05) is 0 Å². The Morgan fingerprint density at radius 3 is 1.47 bits per heavy atom. The van der Waals surface area contributed by atoms with Crippen molar-refractivity contribution in [1.82, 2.24) is 0 Å². The summed E-state index contributed by atoms with van der Waals surface area (Å²) in [5.74, 6) is 0.283. The molecule has 5 aromatic carbocycles. The first-order chi connectivity index (χ1) is 18.7. The molecule has 0 spiro atoms. The molecule has 3 heteroatoms. The SMILES string of the molecule is Clc1ccc(C2CC([Se]c3ccccc3)=C([Se]c3ccccc3)C2(c2ccccc2)c2ccccc2)cc1. The Balaban J connectivity index is 1.65. The Morgan fingerprint density at radius 1 is 0.526 bits per heavy atom. The minimum atomic E-state index is -0.252. The van der Waals surface area contributed by atoms with Gasteiger partial charge in [-0.3, -0.25) is 0 Å². The van der Waals surface area contributed by atoms with Gasteiger partial charge in [0.1, 0.15) is 0 Å². The zero-order chi connectivity index (χ0) is 25.8. The van der Waals surface area contributed by atoms with E-state index in [-0.39, 0.29) is 41.2 Å². The van der Waals surface area contributed by atoms with Gasteiger partial charge in [0.2, 0.25) is 0 Å². The Hall–Kier alpha value is -2.83.